The van der Waals surface area contributed by atoms with Gasteiger partial charge in [-0.15, -0.1) is 0 Å². The van der Waals surface area contributed by atoms with Crippen LogP contribution in [0.5, 0.6) is 0 Å². The number of aliphatic hydroxyl groups is 1. The van der Waals surface area contributed by atoms with Gasteiger partial charge in [-0.2, -0.15) is 0 Å². The number of fused-ring (bicyclic) bond motifs is 1. The van der Waals surface area contributed by atoms with Crippen LogP contribution in [-0.2, 0) is 30.9 Å². The first-order valence-corrected chi connectivity index (χ1v) is 15.2. The van der Waals surface area contributed by atoms with E-state index < -0.39 is 40.2 Å². The normalized spacial score (nSPS) is 24.7. The molecule has 2 saturated heterocycles. The smallest absolute Gasteiger partial charge is 0.256 e. The van der Waals surface area contributed by atoms with Gasteiger partial charge >= 0.3 is 0 Å². The molecule has 3 aliphatic rings. The summed E-state index contributed by atoms with van der Waals surface area (Å²) < 4.78 is 50.9. The van der Waals surface area contributed by atoms with Crippen molar-refractivity contribution >= 4 is 44.8 Å². The molecule has 3 atom stereocenters. The van der Waals surface area contributed by atoms with Crippen LogP contribution in [0.25, 0.3) is 0 Å². The number of alkyl halides is 1. The van der Waals surface area contributed by atoms with Gasteiger partial charge in [0, 0.05) is 61.0 Å². The largest absolute Gasteiger partial charge is 0.382 e. The van der Waals surface area contributed by atoms with Crippen molar-refractivity contribution in [2.75, 3.05) is 26.4 Å². The summed E-state index contributed by atoms with van der Waals surface area (Å²) in [7, 11) is 3.46. The number of hydrogen-bond acceptors (Lipinski definition) is 7. The van der Waals surface area contributed by atoms with Crippen LogP contribution >= 0.6 is 23.2 Å². The van der Waals surface area contributed by atoms with Crippen LogP contribution < -0.4 is 0 Å². The first-order chi connectivity index (χ1) is 20.8. The standard InChI is InChI=1S/C30H31B2Cl2F2N3O5/c1-27(41,28(36)7-10-42-11-8-28)18-12-22-24(23(35)13-18)29(44-21-6-9-43-16-21,17-2-4-19(33)5-3-17)39(25(22)40)30(31,32)26-37-14-20(34)15-38-26/h2-5,12-15,21,41H,6-11,16,31-32H2,1H3/t21-,27?,29+/m0/s1. The monoisotopic (exact) mass is 643 g/mol. The molecule has 1 unspecified atom stereocenters. The summed E-state index contributed by atoms with van der Waals surface area (Å²) in [6.07, 6.45) is 2.66. The molecule has 1 N–H and O–H groups in total. The molecule has 0 radical (unpaired) electrons. The minimum Gasteiger partial charge on any atom is -0.382 e. The maximum Gasteiger partial charge on any atom is 0.256 e. The fraction of sp³-hybridized carbons (Fsp3) is 0.433. The molecule has 1 amide bonds. The van der Waals surface area contributed by atoms with Gasteiger partial charge in [-0.05, 0) is 43.2 Å². The molecule has 230 valence electrons. The summed E-state index contributed by atoms with van der Waals surface area (Å²) in [4.78, 5) is 25.0. The highest BCUT2D eigenvalue weighted by atomic mass is 35.5. The molecule has 3 aliphatic heterocycles. The van der Waals surface area contributed by atoms with Gasteiger partial charge in [0.05, 0.1) is 28.9 Å². The highest BCUT2D eigenvalue weighted by Crippen LogP contribution is 2.53. The van der Waals surface area contributed by atoms with Crippen LogP contribution in [0.3, 0.4) is 0 Å². The van der Waals surface area contributed by atoms with Gasteiger partial charge in [0.1, 0.15) is 38.6 Å². The molecule has 0 spiro atoms. The number of benzene rings is 2. The van der Waals surface area contributed by atoms with Crippen LogP contribution in [0.1, 0.15) is 59.1 Å². The lowest BCUT2D eigenvalue weighted by Gasteiger charge is -2.48. The van der Waals surface area contributed by atoms with E-state index in [2.05, 4.69) is 9.97 Å². The predicted molar refractivity (Wildman–Crippen MR) is 164 cm³/mol. The maximum absolute atomic E-state index is 16.9. The summed E-state index contributed by atoms with van der Waals surface area (Å²) in [5.41, 5.74) is -5.86. The van der Waals surface area contributed by atoms with E-state index in [0.717, 1.165) is 6.07 Å². The maximum atomic E-state index is 16.9. The molecule has 0 bridgehead atoms. The second kappa shape index (κ2) is 11.3. The molecule has 6 rings (SSSR count). The Hall–Kier alpha value is -2.60. The minimum absolute atomic E-state index is 0.0666. The number of rotatable bonds is 7. The van der Waals surface area contributed by atoms with Gasteiger partial charge < -0.3 is 24.2 Å². The second-order valence-corrected chi connectivity index (χ2v) is 13.1. The fourth-order valence-electron chi connectivity index (χ4n) is 6.57. The molecule has 0 aliphatic carbocycles. The van der Waals surface area contributed by atoms with Gasteiger partial charge in [-0.1, -0.05) is 35.3 Å². The van der Waals surface area contributed by atoms with E-state index >= 15 is 8.78 Å². The highest BCUT2D eigenvalue weighted by Gasteiger charge is 2.61. The lowest BCUT2D eigenvalue weighted by Crippen LogP contribution is -2.60. The molecule has 1 aromatic heterocycles. The number of hydrogen-bond donors (Lipinski definition) is 1. The van der Waals surface area contributed by atoms with Crippen LogP contribution in [0, 0.1) is 5.82 Å². The Morgan fingerprint density at radius 1 is 1.07 bits per heavy atom. The molecular formula is C30H31B2Cl2F2N3O5. The lowest BCUT2D eigenvalue weighted by atomic mass is 9.59. The average molecular weight is 644 g/mol. The Morgan fingerprint density at radius 3 is 2.34 bits per heavy atom. The van der Waals surface area contributed by atoms with E-state index in [0.29, 0.717) is 28.6 Å². The van der Waals surface area contributed by atoms with Gasteiger partial charge in [-0.25, -0.2) is 18.7 Å². The summed E-state index contributed by atoms with van der Waals surface area (Å²) in [6.45, 7) is 2.18. The van der Waals surface area contributed by atoms with E-state index in [-0.39, 0.29) is 55.2 Å². The van der Waals surface area contributed by atoms with Crippen molar-refractivity contribution in [1.82, 2.24) is 14.9 Å². The first-order valence-electron chi connectivity index (χ1n) is 14.5. The molecule has 2 fully saturated rings. The van der Waals surface area contributed by atoms with Crippen molar-refractivity contribution in [3.63, 3.8) is 0 Å². The van der Waals surface area contributed by atoms with E-state index in [9.17, 15) is 9.90 Å². The number of carbonyl (C=O) groups excluding carboxylic acids is 1. The number of aromatic nitrogens is 2. The lowest BCUT2D eigenvalue weighted by molar-refractivity contribution is -0.156. The molecule has 0 saturated carbocycles. The Balaban J connectivity index is 1.62. The van der Waals surface area contributed by atoms with Crippen molar-refractivity contribution in [2.24, 2.45) is 0 Å². The predicted octanol–water partition coefficient (Wildman–Crippen LogP) is 3.19. The van der Waals surface area contributed by atoms with E-state index in [1.165, 1.54) is 30.3 Å². The van der Waals surface area contributed by atoms with Gasteiger partial charge in [0.15, 0.2) is 5.72 Å². The number of amides is 1. The molecular weight excluding hydrogens is 613 g/mol. The third-order valence-electron chi connectivity index (χ3n) is 9.08. The van der Waals surface area contributed by atoms with Gasteiger partial charge in [0.2, 0.25) is 0 Å². The van der Waals surface area contributed by atoms with Crippen LogP contribution in [0.4, 0.5) is 8.78 Å². The third kappa shape index (κ3) is 4.94. The summed E-state index contributed by atoms with van der Waals surface area (Å²) >= 11 is 12.4. The zero-order valence-corrected chi connectivity index (χ0v) is 26.1. The quantitative estimate of drug-likeness (QED) is 0.396. The summed E-state index contributed by atoms with van der Waals surface area (Å²) in [6, 6.07) is 9.08. The Morgan fingerprint density at radius 2 is 1.73 bits per heavy atom. The molecule has 14 heteroatoms. The minimum atomic E-state index is -2.13. The Labute approximate surface area is 265 Å². The van der Waals surface area contributed by atoms with Gasteiger partial charge in [-0.3, -0.25) is 4.79 Å². The van der Waals surface area contributed by atoms with E-state index in [1.54, 1.807) is 40.0 Å². The topological polar surface area (TPSA) is 94.0 Å². The van der Waals surface area contributed by atoms with Crippen molar-refractivity contribution in [3.05, 3.63) is 92.7 Å². The Bertz CT molecular complexity index is 1570. The second-order valence-electron chi connectivity index (χ2n) is 12.2. The number of halogens is 4. The molecule has 44 heavy (non-hydrogen) atoms. The van der Waals surface area contributed by atoms with Crippen molar-refractivity contribution in [1.29, 1.82) is 0 Å². The third-order valence-corrected chi connectivity index (χ3v) is 9.53. The number of nitrogens with zero attached hydrogens (tertiary/aromatic N) is 3. The molecule has 3 aromatic rings. The SMILES string of the molecule is BC(B)(c1ncc(Cl)cn1)N1C(=O)c2cc(C(C)(O)C3(F)CCOCC3)cc(F)c2[C@]1(O[C@H]1CCOC1)c1ccc(Cl)cc1. The van der Waals surface area contributed by atoms with Gasteiger partial charge in [0.25, 0.3) is 5.91 Å². The zero-order valence-electron chi connectivity index (χ0n) is 24.6. The fourth-order valence-corrected chi connectivity index (χ4v) is 6.79. The van der Waals surface area contributed by atoms with Crippen molar-refractivity contribution < 1.29 is 32.9 Å². The summed E-state index contributed by atoms with van der Waals surface area (Å²) in [5, 5.41) is 11.1. The average Bonchev–Trinajstić information content (AvgIpc) is 3.59. The van der Waals surface area contributed by atoms with E-state index in [1.807, 2.05) is 0 Å². The van der Waals surface area contributed by atoms with Crippen LogP contribution in [0.2, 0.25) is 10.0 Å². The summed E-state index contributed by atoms with van der Waals surface area (Å²) in [5.74, 6) is -1.23. The van der Waals surface area contributed by atoms with Crippen LogP contribution in [-0.4, -0.2) is 79.8 Å². The van der Waals surface area contributed by atoms with E-state index in [4.69, 9.17) is 37.4 Å². The van der Waals surface area contributed by atoms with Crippen molar-refractivity contribution in [2.45, 2.75) is 54.6 Å². The Kier molecular flexibility index (Phi) is 8.08. The molecule has 8 nitrogen and oxygen atoms in total. The van der Waals surface area contributed by atoms with Crippen molar-refractivity contribution in [3.8, 4) is 0 Å². The number of ether oxygens (including phenoxy) is 3. The molecule has 4 heterocycles. The first kappa shape index (κ1) is 31.4. The van der Waals surface area contributed by atoms with Crippen LogP contribution in [0.15, 0.2) is 48.8 Å². The zero-order chi connectivity index (χ0) is 31.5. The molecule has 2 aromatic carbocycles. The number of carbonyl (C=O) groups is 1. The highest BCUT2D eigenvalue weighted by molar-refractivity contribution is 6.41.